The van der Waals surface area contributed by atoms with Gasteiger partial charge in [0.25, 0.3) is 0 Å². The first-order valence-electron chi connectivity index (χ1n) is 7.72. The number of pyridine rings is 1. The molecule has 118 valence electrons. The minimum absolute atomic E-state index is 0.112. The summed E-state index contributed by atoms with van der Waals surface area (Å²) in [5.41, 5.74) is 4.17. The molecule has 0 amide bonds. The molecule has 0 aliphatic carbocycles. The third-order valence-electron chi connectivity index (χ3n) is 4.01. The molecular formula is C18H16N6. The third kappa shape index (κ3) is 2.69. The molecule has 4 rings (SSSR count). The average Bonchev–Trinajstić information content (AvgIpc) is 3.12. The smallest absolute Gasteiger partial charge is 0.160 e. The van der Waals surface area contributed by atoms with Crippen molar-refractivity contribution in [2.75, 3.05) is 5.32 Å². The molecule has 3 heterocycles. The summed E-state index contributed by atoms with van der Waals surface area (Å²) in [5.74, 6) is 0.776. The molecule has 24 heavy (non-hydrogen) atoms. The fourth-order valence-corrected chi connectivity index (χ4v) is 2.67. The molecule has 0 saturated heterocycles. The van der Waals surface area contributed by atoms with Crippen molar-refractivity contribution in [2.24, 2.45) is 0 Å². The molecule has 0 aliphatic rings. The Balaban J connectivity index is 1.56. The predicted octanol–water partition coefficient (Wildman–Crippen LogP) is 3.59. The van der Waals surface area contributed by atoms with Gasteiger partial charge in [-0.25, -0.2) is 9.97 Å². The number of benzene rings is 1. The Morgan fingerprint density at radius 2 is 1.88 bits per heavy atom. The maximum atomic E-state index is 4.32. The molecule has 6 heteroatoms. The van der Waals surface area contributed by atoms with Crippen molar-refractivity contribution in [3.8, 4) is 11.1 Å². The Kier molecular flexibility index (Phi) is 3.63. The molecule has 0 bridgehead atoms. The van der Waals surface area contributed by atoms with Gasteiger partial charge in [0.15, 0.2) is 5.65 Å². The summed E-state index contributed by atoms with van der Waals surface area (Å²) in [4.78, 5) is 12.6. The van der Waals surface area contributed by atoms with Crippen LogP contribution in [0, 0.1) is 0 Å². The van der Waals surface area contributed by atoms with Crippen molar-refractivity contribution >= 4 is 16.9 Å². The lowest BCUT2D eigenvalue weighted by Gasteiger charge is -2.15. The van der Waals surface area contributed by atoms with E-state index >= 15 is 0 Å². The topological polar surface area (TPSA) is 79.4 Å². The first-order chi connectivity index (χ1) is 11.8. The van der Waals surface area contributed by atoms with Crippen LogP contribution in [0.2, 0.25) is 0 Å². The summed E-state index contributed by atoms with van der Waals surface area (Å²) in [7, 11) is 0. The van der Waals surface area contributed by atoms with Crippen LogP contribution in [0.25, 0.3) is 22.2 Å². The zero-order chi connectivity index (χ0) is 16.4. The van der Waals surface area contributed by atoms with Crippen molar-refractivity contribution in [3.63, 3.8) is 0 Å². The summed E-state index contributed by atoms with van der Waals surface area (Å²) in [6, 6.07) is 12.6. The molecule has 0 aliphatic heterocycles. The van der Waals surface area contributed by atoms with Gasteiger partial charge in [0.2, 0.25) is 0 Å². The second-order valence-corrected chi connectivity index (χ2v) is 5.58. The quantitative estimate of drug-likeness (QED) is 0.601. The SMILES string of the molecule is C[C@H](Nc1ncnc2[nH]ncc12)c1ccc(-c2cccnc2)cc1. The zero-order valence-corrected chi connectivity index (χ0v) is 13.1. The van der Waals surface area contributed by atoms with Gasteiger partial charge in [-0.15, -0.1) is 0 Å². The van der Waals surface area contributed by atoms with Crippen LogP contribution in [0.15, 0.2) is 61.3 Å². The van der Waals surface area contributed by atoms with E-state index in [1.807, 2.05) is 12.3 Å². The number of rotatable bonds is 4. The van der Waals surface area contributed by atoms with E-state index in [0.717, 1.165) is 28.0 Å². The van der Waals surface area contributed by atoms with Gasteiger partial charge in [-0.2, -0.15) is 5.10 Å². The van der Waals surface area contributed by atoms with Crippen molar-refractivity contribution in [2.45, 2.75) is 13.0 Å². The lowest BCUT2D eigenvalue weighted by Crippen LogP contribution is -2.08. The Labute approximate surface area is 139 Å². The summed E-state index contributed by atoms with van der Waals surface area (Å²) < 4.78 is 0. The Morgan fingerprint density at radius 1 is 1.00 bits per heavy atom. The predicted molar refractivity (Wildman–Crippen MR) is 93.4 cm³/mol. The van der Waals surface area contributed by atoms with Crippen LogP contribution in [-0.2, 0) is 0 Å². The maximum Gasteiger partial charge on any atom is 0.160 e. The van der Waals surface area contributed by atoms with E-state index in [4.69, 9.17) is 0 Å². The van der Waals surface area contributed by atoms with E-state index in [0.29, 0.717) is 0 Å². The van der Waals surface area contributed by atoms with Crippen LogP contribution in [0.5, 0.6) is 0 Å². The van der Waals surface area contributed by atoms with E-state index in [2.05, 4.69) is 67.7 Å². The maximum absolute atomic E-state index is 4.32. The van der Waals surface area contributed by atoms with E-state index in [1.165, 1.54) is 11.9 Å². The van der Waals surface area contributed by atoms with Gasteiger partial charge in [-0.05, 0) is 29.7 Å². The number of aromatic nitrogens is 5. The first-order valence-corrected chi connectivity index (χ1v) is 7.72. The summed E-state index contributed by atoms with van der Waals surface area (Å²) in [5, 5.41) is 11.2. The number of hydrogen-bond acceptors (Lipinski definition) is 5. The minimum Gasteiger partial charge on any atom is -0.363 e. The minimum atomic E-state index is 0.112. The zero-order valence-electron chi connectivity index (χ0n) is 13.1. The summed E-state index contributed by atoms with van der Waals surface area (Å²) in [6.45, 7) is 2.10. The molecule has 2 N–H and O–H groups in total. The van der Waals surface area contributed by atoms with Crippen LogP contribution in [0.1, 0.15) is 18.5 Å². The van der Waals surface area contributed by atoms with Crippen molar-refractivity contribution < 1.29 is 0 Å². The molecule has 0 spiro atoms. The number of H-pyrrole nitrogens is 1. The second kappa shape index (κ2) is 6.08. The molecular weight excluding hydrogens is 300 g/mol. The lowest BCUT2D eigenvalue weighted by atomic mass is 10.0. The largest absolute Gasteiger partial charge is 0.363 e. The van der Waals surface area contributed by atoms with Crippen molar-refractivity contribution in [1.29, 1.82) is 0 Å². The third-order valence-corrected chi connectivity index (χ3v) is 4.01. The highest BCUT2D eigenvalue weighted by Gasteiger charge is 2.10. The average molecular weight is 316 g/mol. The van der Waals surface area contributed by atoms with Gasteiger partial charge in [0, 0.05) is 18.4 Å². The Morgan fingerprint density at radius 3 is 2.67 bits per heavy atom. The van der Waals surface area contributed by atoms with Crippen LogP contribution in [0.4, 0.5) is 5.82 Å². The van der Waals surface area contributed by atoms with Crippen molar-refractivity contribution in [3.05, 3.63) is 66.9 Å². The number of nitrogens with zero attached hydrogens (tertiary/aromatic N) is 4. The molecule has 0 radical (unpaired) electrons. The fourth-order valence-electron chi connectivity index (χ4n) is 2.67. The highest BCUT2D eigenvalue weighted by Crippen LogP contribution is 2.25. The summed E-state index contributed by atoms with van der Waals surface area (Å²) in [6.07, 6.45) is 6.91. The first kappa shape index (κ1) is 14.3. The molecule has 6 nitrogen and oxygen atoms in total. The molecule has 3 aromatic heterocycles. The second-order valence-electron chi connectivity index (χ2n) is 5.58. The van der Waals surface area contributed by atoms with Gasteiger partial charge in [-0.1, -0.05) is 30.3 Å². The van der Waals surface area contributed by atoms with Crippen LogP contribution < -0.4 is 5.32 Å². The highest BCUT2D eigenvalue weighted by molar-refractivity contribution is 5.85. The number of nitrogens with one attached hydrogen (secondary N) is 2. The standard InChI is InChI=1S/C18H16N6/c1-12(23-17-16-10-22-24-18(16)21-11-20-17)13-4-6-14(7-5-13)15-3-2-8-19-9-15/h2-12H,1H3,(H2,20,21,22,23,24)/t12-/m0/s1. The van der Waals surface area contributed by atoms with Gasteiger partial charge in [0.1, 0.15) is 12.1 Å². The summed E-state index contributed by atoms with van der Waals surface area (Å²) >= 11 is 0. The lowest BCUT2D eigenvalue weighted by molar-refractivity contribution is 0.876. The molecule has 1 aromatic carbocycles. The van der Waals surface area contributed by atoms with Gasteiger partial charge < -0.3 is 5.32 Å². The number of fused-ring (bicyclic) bond motifs is 1. The van der Waals surface area contributed by atoms with E-state index in [9.17, 15) is 0 Å². The normalized spacial score (nSPS) is 12.2. The molecule has 1 atom stereocenters. The Hall–Kier alpha value is -3.28. The van der Waals surface area contributed by atoms with E-state index < -0.39 is 0 Å². The van der Waals surface area contributed by atoms with Crippen molar-refractivity contribution in [1.82, 2.24) is 25.1 Å². The molecule has 0 saturated carbocycles. The van der Waals surface area contributed by atoms with Crippen LogP contribution in [0.3, 0.4) is 0 Å². The van der Waals surface area contributed by atoms with Gasteiger partial charge in [0.05, 0.1) is 11.6 Å². The van der Waals surface area contributed by atoms with Gasteiger partial charge in [-0.3, -0.25) is 10.1 Å². The molecule has 0 unspecified atom stereocenters. The Bertz CT molecular complexity index is 946. The van der Waals surface area contributed by atoms with E-state index in [-0.39, 0.29) is 6.04 Å². The molecule has 0 fully saturated rings. The van der Waals surface area contributed by atoms with Crippen LogP contribution >= 0.6 is 0 Å². The molecule has 4 aromatic rings. The number of anilines is 1. The monoisotopic (exact) mass is 316 g/mol. The van der Waals surface area contributed by atoms with E-state index in [1.54, 1.807) is 12.4 Å². The van der Waals surface area contributed by atoms with Crippen LogP contribution in [-0.4, -0.2) is 25.1 Å². The number of hydrogen-bond donors (Lipinski definition) is 2. The van der Waals surface area contributed by atoms with Gasteiger partial charge >= 0.3 is 0 Å². The highest BCUT2D eigenvalue weighted by atomic mass is 15.2. The fraction of sp³-hybridized carbons (Fsp3) is 0.111. The number of aromatic amines is 1.